The maximum Gasteiger partial charge on any atom is 0.246 e. The lowest BCUT2D eigenvalue weighted by Gasteiger charge is -2.39. The van der Waals surface area contributed by atoms with Crippen molar-refractivity contribution in [3.05, 3.63) is 49.4 Å². The highest BCUT2D eigenvalue weighted by molar-refractivity contribution is 7.22. The Kier molecular flexibility index (Phi) is 4.02. The molecule has 0 atom stereocenters. The summed E-state index contributed by atoms with van der Waals surface area (Å²) in [6.07, 6.45) is 4.91. The number of carbonyl (C=O) groups excluding carboxylic acids is 1. The number of methoxy groups -OCH3 is 1. The number of hydrogen-bond acceptors (Lipinski definition) is 6. The summed E-state index contributed by atoms with van der Waals surface area (Å²) < 4.78 is 8.60. The maximum atomic E-state index is 11.8. The molecule has 1 aliphatic rings. The Morgan fingerprint density at radius 1 is 1.34 bits per heavy atom. The van der Waals surface area contributed by atoms with Gasteiger partial charge in [-0.2, -0.15) is 0 Å². The molecule has 0 bridgehead atoms. The molecule has 0 radical (unpaired) electrons. The van der Waals surface area contributed by atoms with E-state index in [-0.39, 0.29) is 11.9 Å². The number of aromatic nitrogens is 3. The number of thiophene rings is 1. The lowest BCUT2D eigenvalue weighted by molar-refractivity contribution is -0.131. The van der Waals surface area contributed by atoms with E-state index in [0.717, 1.165) is 37.3 Å². The van der Waals surface area contributed by atoms with Crippen LogP contribution >= 0.6 is 11.3 Å². The van der Waals surface area contributed by atoms with Crippen LogP contribution in [0.3, 0.4) is 0 Å². The number of nitrogen functional groups attached to an aromatic ring is 1. The Hall–Kier alpha value is -3.39. The van der Waals surface area contributed by atoms with Crippen LogP contribution in [0.1, 0.15) is 6.04 Å². The summed E-state index contributed by atoms with van der Waals surface area (Å²) >= 11 is 1.68. The van der Waals surface area contributed by atoms with Crippen LogP contribution in [-0.4, -0.2) is 45.5 Å². The SMILES string of the molecule is C=CC(=O)N1CC(n2cc(-c3cc4ccc(OC)cc4s3)c3c(N)ncnc32)C1. The lowest BCUT2D eigenvalue weighted by atomic mass is 10.1. The van der Waals surface area contributed by atoms with Gasteiger partial charge in [-0.3, -0.25) is 4.79 Å². The summed E-state index contributed by atoms with van der Waals surface area (Å²) in [5, 5.41) is 1.99. The second kappa shape index (κ2) is 6.59. The number of carbonyl (C=O) groups is 1. The molecular weight excluding hydrogens is 386 g/mol. The van der Waals surface area contributed by atoms with Gasteiger partial charge < -0.3 is 19.9 Å². The fourth-order valence-electron chi connectivity index (χ4n) is 3.79. The number of amides is 1. The minimum atomic E-state index is -0.0504. The standard InChI is InChI=1S/C21H19N5O2S/c1-3-18(27)25-8-13(9-25)26-10-15(19-20(22)23-11-24-21(19)26)17-6-12-4-5-14(28-2)7-16(12)29-17/h3-7,10-11,13H,1,8-9H2,2H3,(H2,22,23,24). The van der Waals surface area contributed by atoms with E-state index in [9.17, 15) is 4.79 Å². The fraction of sp³-hybridized carbons (Fsp3) is 0.190. The molecule has 1 saturated heterocycles. The highest BCUT2D eigenvalue weighted by atomic mass is 32.1. The van der Waals surface area contributed by atoms with E-state index in [4.69, 9.17) is 10.5 Å². The van der Waals surface area contributed by atoms with Gasteiger partial charge in [0.05, 0.1) is 18.5 Å². The monoisotopic (exact) mass is 405 g/mol. The van der Waals surface area contributed by atoms with Gasteiger partial charge in [0, 0.05) is 34.4 Å². The summed E-state index contributed by atoms with van der Waals surface area (Å²) in [4.78, 5) is 23.4. The van der Waals surface area contributed by atoms with Gasteiger partial charge in [-0.25, -0.2) is 9.97 Å². The molecule has 1 fully saturated rings. The Morgan fingerprint density at radius 3 is 2.93 bits per heavy atom. The van der Waals surface area contributed by atoms with Gasteiger partial charge in [0.1, 0.15) is 23.5 Å². The number of nitrogens with two attached hydrogens (primary N) is 1. The molecule has 5 rings (SSSR count). The van der Waals surface area contributed by atoms with E-state index in [1.165, 1.54) is 12.4 Å². The van der Waals surface area contributed by atoms with Crippen molar-refractivity contribution in [3.8, 4) is 16.2 Å². The van der Waals surface area contributed by atoms with Gasteiger partial charge in [0.2, 0.25) is 5.91 Å². The van der Waals surface area contributed by atoms with Crippen molar-refractivity contribution in [3.63, 3.8) is 0 Å². The summed E-state index contributed by atoms with van der Waals surface area (Å²) in [6, 6.07) is 8.35. The Balaban J connectivity index is 1.61. The minimum absolute atomic E-state index is 0.0504. The summed E-state index contributed by atoms with van der Waals surface area (Å²) in [5.41, 5.74) is 8.04. The quantitative estimate of drug-likeness (QED) is 0.526. The molecule has 4 heterocycles. The van der Waals surface area contributed by atoms with E-state index in [1.54, 1.807) is 23.3 Å². The number of likely N-dealkylation sites (tertiary alicyclic amines) is 1. The second-order valence-electron chi connectivity index (χ2n) is 7.02. The maximum absolute atomic E-state index is 11.8. The van der Waals surface area contributed by atoms with E-state index in [2.05, 4.69) is 39.4 Å². The zero-order valence-electron chi connectivity index (χ0n) is 15.8. The van der Waals surface area contributed by atoms with Crippen molar-refractivity contribution in [2.45, 2.75) is 6.04 Å². The van der Waals surface area contributed by atoms with Crippen molar-refractivity contribution in [1.82, 2.24) is 19.4 Å². The third kappa shape index (κ3) is 2.75. The van der Waals surface area contributed by atoms with Gasteiger partial charge in [-0.1, -0.05) is 6.58 Å². The van der Waals surface area contributed by atoms with E-state index >= 15 is 0 Å². The van der Waals surface area contributed by atoms with Crippen LogP contribution in [-0.2, 0) is 4.79 Å². The molecule has 8 heteroatoms. The zero-order chi connectivity index (χ0) is 20.1. The zero-order valence-corrected chi connectivity index (χ0v) is 16.6. The van der Waals surface area contributed by atoms with Crippen molar-refractivity contribution < 1.29 is 9.53 Å². The molecule has 0 spiro atoms. The van der Waals surface area contributed by atoms with Crippen LogP contribution in [0.2, 0.25) is 0 Å². The summed E-state index contributed by atoms with van der Waals surface area (Å²) in [7, 11) is 1.67. The second-order valence-corrected chi connectivity index (χ2v) is 8.11. The lowest BCUT2D eigenvalue weighted by Crippen LogP contribution is -2.50. The molecule has 4 aromatic rings. The van der Waals surface area contributed by atoms with Crippen molar-refractivity contribution in [1.29, 1.82) is 0 Å². The average Bonchev–Trinajstić information content (AvgIpc) is 3.28. The molecule has 0 unspecified atom stereocenters. The Morgan fingerprint density at radius 2 is 2.17 bits per heavy atom. The van der Waals surface area contributed by atoms with Crippen LogP contribution in [0.5, 0.6) is 5.75 Å². The molecule has 1 aromatic carbocycles. The molecule has 7 nitrogen and oxygen atoms in total. The first-order valence-electron chi connectivity index (χ1n) is 9.19. The molecule has 0 aliphatic carbocycles. The first-order chi connectivity index (χ1) is 14.1. The molecular formula is C21H19N5O2S. The topological polar surface area (TPSA) is 86.3 Å². The number of fused-ring (bicyclic) bond motifs is 2. The number of hydrogen-bond donors (Lipinski definition) is 1. The van der Waals surface area contributed by atoms with Crippen LogP contribution < -0.4 is 10.5 Å². The number of nitrogens with zero attached hydrogens (tertiary/aromatic N) is 4. The number of benzene rings is 1. The molecule has 29 heavy (non-hydrogen) atoms. The van der Waals surface area contributed by atoms with Crippen LogP contribution in [0.4, 0.5) is 5.82 Å². The normalized spacial score (nSPS) is 14.3. The Labute approximate surface area is 171 Å². The van der Waals surface area contributed by atoms with E-state index in [0.29, 0.717) is 18.9 Å². The highest BCUT2D eigenvalue weighted by Gasteiger charge is 2.32. The average molecular weight is 405 g/mol. The molecule has 1 aliphatic heterocycles. The first-order valence-corrected chi connectivity index (χ1v) is 10.0. The number of rotatable bonds is 4. The van der Waals surface area contributed by atoms with Crippen LogP contribution in [0, 0.1) is 0 Å². The van der Waals surface area contributed by atoms with Crippen molar-refractivity contribution >= 4 is 44.2 Å². The van der Waals surface area contributed by atoms with E-state index < -0.39 is 0 Å². The molecule has 146 valence electrons. The van der Waals surface area contributed by atoms with Gasteiger partial charge >= 0.3 is 0 Å². The van der Waals surface area contributed by atoms with Crippen molar-refractivity contribution in [2.75, 3.05) is 25.9 Å². The molecule has 0 saturated carbocycles. The molecule has 3 aromatic heterocycles. The molecule has 1 amide bonds. The summed E-state index contributed by atoms with van der Waals surface area (Å²) in [5.74, 6) is 1.24. The smallest absolute Gasteiger partial charge is 0.246 e. The third-order valence-corrected chi connectivity index (χ3v) is 6.50. The number of anilines is 1. The van der Waals surface area contributed by atoms with Gasteiger partial charge in [0.15, 0.2) is 0 Å². The predicted octanol–water partition coefficient (Wildman–Crippen LogP) is 3.47. The van der Waals surface area contributed by atoms with Gasteiger partial charge in [-0.05, 0) is 35.7 Å². The largest absolute Gasteiger partial charge is 0.497 e. The minimum Gasteiger partial charge on any atom is -0.497 e. The van der Waals surface area contributed by atoms with Crippen LogP contribution in [0.25, 0.3) is 31.6 Å². The van der Waals surface area contributed by atoms with E-state index in [1.807, 2.05) is 12.1 Å². The molecule has 2 N–H and O–H groups in total. The number of ether oxygens (including phenoxy) is 1. The van der Waals surface area contributed by atoms with Gasteiger partial charge in [0.25, 0.3) is 0 Å². The van der Waals surface area contributed by atoms with Gasteiger partial charge in [-0.15, -0.1) is 11.3 Å². The van der Waals surface area contributed by atoms with Crippen molar-refractivity contribution in [2.24, 2.45) is 0 Å². The fourth-order valence-corrected chi connectivity index (χ4v) is 4.89. The third-order valence-electron chi connectivity index (χ3n) is 5.37. The Bertz CT molecular complexity index is 1270. The highest BCUT2D eigenvalue weighted by Crippen LogP contribution is 2.41. The predicted molar refractivity (Wildman–Crippen MR) is 115 cm³/mol. The van der Waals surface area contributed by atoms with Crippen LogP contribution in [0.15, 0.2) is 49.4 Å². The summed E-state index contributed by atoms with van der Waals surface area (Å²) in [6.45, 7) is 4.81. The first kappa shape index (κ1) is 17.7.